The largest absolute Gasteiger partial charge is 0.416 e. The van der Waals surface area contributed by atoms with Crippen LogP contribution in [0.3, 0.4) is 0 Å². The number of nitrogens with zero attached hydrogens (tertiary/aromatic N) is 2. The van der Waals surface area contributed by atoms with E-state index < -0.39 is 17.4 Å². The van der Waals surface area contributed by atoms with Gasteiger partial charge in [0.05, 0.1) is 23.1 Å². The number of anilines is 1. The first kappa shape index (κ1) is 12.2. The number of hydrogen-bond acceptors (Lipinski definition) is 3. The van der Waals surface area contributed by atoms with Crippen molar-refractivity contribution in [2.45, 2.75) is 6.18 Å². The molecule has 4 nitrogen and oxygen atoms in total. The molecular weight excluding hydrogens is 247 g/mol. The second-order valence-electron chi connectivity index (χ2n) is 3.59. The fraction of sp³-hybridized carbons (Fsp3) is 0.0909. The maximum atomic E-state index is 12.5. The molecule has 0 amide bonds. The van der Waals surface area contributed by atoms with Crippen molar-refractivity contribution < 1.29 is 13.2 Å². The van der Waals surface area contributed by atoms with Crippen molar-refractivity contribution in [2.24, 2.45) is 0 Å². The van der Waals surface area contributed by atoms with Crippen LogP contribution in [0.15, 0.2) is 41.5 Å². The summed E-state index contributed by atoms with van der Waals surface area (Å²) in [6, 6.07) is 4.38. The Bertz CT molecular complexity index is 634. The van der Waals surface area contributed by atoms with Crippen LogP contribution in [0.25, 0.3) is 5.69 Å². The molecule has 1 aromatic heterocycles. The van der Waals surface area contributed by atoms with E-state index in [4.69, 9.17) is 5.73 Å². The van der Waals surface area contributed by atoms with E-state index in [1.54, 1.807) is 0 Å². The van der Waals surface area contributed by atoms with E-state index in [9.17, 15) is 18.0 Å². The molecule has 18 heavy (non-hydrogen) atoms. The molecule has 2 rings (SSSR count). The molecule has 1 aromatic carbocycles. The lowest BCUT2D eigenvalue weighted by molar-refractivity contribution is -0.137. The van der Waals surface area contributed by atoms with Crippen LogP contribution in [-0.4, -0.2) is 9.55 Å². The third kappa shape index (κ3) is 2.34. The summed E-state index contributed by atoms with van der Waals surface area (Å²) >= 11 is 0. The van der Waals surface area contributed by atoms with Gasteiger partial charge >= 0.3 is 11.9 Å². The third-order valence-corrected chi connectivity index (χ3v) is 2.26. The number of aromatic nitrogens is 2. The monoisotopic (exact) mass is 255 g/mol. The molecule has 0 fully saturated rings. The Morgan fingerprint density at radius 1 is 1.28 bits per heavy atom. The predicted molar refractivity (Wildman–Crippen MR) is 59.2 cm³/mol. The van der Waals surface area contributed by atoms with Crippen molar-refractivity contribution in [3.05, 3.63) is 52.7 Å². The molecule has 0 aliphatic rings. The smallest absolute Gasteiger partial charge is 0.396 e. The topological polar surface area (TPSA) is 60.9 Å². The summed E-state index contributed by atoms with van der Waals surface area (Å²) in [4.78, 5) is 14.9. The van der Waals surface area contributed by atoms with Gasteiger partial charge in [-0.1, -0.05) is 6.07 Å². The van der Waals surface area contributed by atoms with E-state index in [-0.39, 0.29) is 11.4 Å². The highest BCUT2D eigenvalue weighted by molar-refractivity contribution is 5.40. The molecule has 0 radical (unpaired) electrons. The highest BCUT2D eigenvalue weighted by atomic mass is 19.4. The van der Waals surface area contributed by atoms with Crippen LogP contribution in [-0.2, 0) is 6.18 Å². The summed E-state index contributed by atoms with van der Waals surface area (Å²) in [6.07, 6.45) is -2.09. The van der Waals surface area contributed by atoms with Crippen molar-refractivity contribution >= 4 is 5.69 Å². The lowest BCUT2D eigenvalue weighted by Gasteiger charge is -2.10. The molecule has 94 valence electrons. The number of nitrogen functional groups attached to an aromatic ring is 1. The Morgan fingerprint density at radius 3 is 2.67 bits per heavy atom. The Labute approximate surface area is 99.5 Å². The van der Waals surface area contributed by atoms with Gasteiger partial charge in [0.2, 0.25) is 0 Å². The standard InChI is InChI=1S/C11H8F3N3O/c12-11(13,14)7-2-1-3-9(4-7)17-6-8(15)5-16-10(17)18/h1-6H,15H2. The van der Waals surface area contributed by atoms with Crippen LogP contribution in [0.5, 0.6) is 0 Å². The van der Waals surface area contributed by atoms with Crippen LogP contribution in [0.2, 0.25) is 0 Å². The molecule has 0 unspecified atom stereocenters. The number of rotatable bonds is 1. The van der Waals surface area contributed by atoms with Crippen LogP contribution in [0.4, 0.5) is 18.9 Å². The Kier molecular flexibility index (Phi) is 2.82. The highest BCUT2D eigenvalue weighted by Crippen LogP contribution is 2.30. The van der Waals surface area contributed by atoms with Gasteiger partial charge in [-0.25, -0.2) is 4.79 Å². The van der Waals surface area contributed by atoms with Gasteiger partial charge in [-0.2, -0.15) is 18.2 Å². The Balaban J connectivity index is 2.58. The number of alkyl halides is 3. The second-order valence-corrected chi connectivity index (χ2v) is 3.59. The molecule has 2 aromatic rings. The average molecular weight is 255 g/mol. The molecule has 0 aliphatic heterocycles. The quantitative estimate of drug-likeness (QED) is 0.845. The minimum Gasteiger partial charge on any atom is -0.396 e. The van der Waals surface area contributed by atoms with Crippen LogP contribution in [0.1, 0.15) is 5.56 Å². The van der Waals surface area contributed by atoms with Crippen LogP contribution >= 0.6 is 0 Å². The zero-order valence-electron chi connectivity index (χ0n) is 8.98. The van der Waals surface area contributed by atoms with E-state index >= 15 is 0 Å². The minimum atomic E-state index is -4.46. The Hall–Kier alpha value is -2.31. The molecule has 0 bridgehead atoms. The normalized spacial score (nSPS) is 11.5. The molecule has 0 spiro atoms. The SMILES string of the molecule is Nc1cnc(=O)n(-c2cccc(C(F)(F)F)c2)c1. The molecule has 1 heterocycles. The molecule has 2 N–H and O–H groups in total. The van der Waals surface area contributed by atoms with Gasteiger partial charge in [0, 0.05) is 6.20 Å². The van der Waals surface area contributed by atoms with Crippen molar-refractivity contribution in [2.75, 3.05) is 5.73 Å². The zero-order chi connectivity index (χ0) is 13.3. The summed E-state index contributed by atoms with van der Waals surface area (Å²) in [5, 5.41) is 0. The fourth-order valence-electron chi connectivity index (χ4n) is 1.45. The minimum absolute atomic E-state index is 0.0645. The molecule has 0 saturated carbocycles. The van der Waals surface area contributed by atoms with Crippen molar-refractivity contribution in [1.29, 1.82) is 0 Å². The van der Waals surface area contributed by atoms with Crippen molar-refractivity contribution in [3.8, 4) is 5.69 Å². The van der Waals surface area contributed by atoms with E-state index in [1.807, 2.05) is 0 Å². The van der Waals surface area contributed by atoms with Gasteiger partial charge in [-0.15, -0.1) is 0 Å². The molecule has 7 heteroatoms. The number of benzene rings is 1. The number of halogens is 3. The first-order valence-corrected chi connectivity index (χ1v) is 4.90. The van der Waals surface area contributed by atoms with Gasteiger partial charge in [0.25, 0.3) is 0 Å². The van der Waals surface area contributed by atoms with E-state index in [0.717, 1.165) is 22.9 Å². The van der Waals surface area contributed by atoms with Crippen LogP contribution in [0, 0.1) is 0 Å². The molecular formula is C11H8F3N3O. The lowest BCUT2D eigenvalue weighted by Crippen LogP contribution is -2.21. The van der Waals surface area contributed by atoms with Gasteiger partial charge in [0.1, 0.15) is 0 Å². The molecule has 0 saturated heterocycles. The third-order valence-electron chi connectivity index (χ3n) is 2.26. The first-order chi connectivity index (χ1) is 8.38. The lowest BCUT2D eigenvalue weighted by atomic mass is 10.2. The van der Waals surface area contributed by atoms with Gasteiger partial charge in [-0.05, 0) is 18.2 Å². The van der Waals surface area contributed by atoms with Gasteiger partial charge in [0.15, 0.2) is 0 Å². The van der Waals surface area contributed by atoms with Gasteiger partial charge in [-0.3, -0.25) is 4.57 Å². The van der Waals surface area contributed by atoms with E-state index in [0.29, 0.717) is 0 Å². The molecule has 0 aliphatic carbocycles. The number of hydrogen-bond donors (Lipinski definition) is 1. The van der Waals surface area contributed by atoms with Crippen molar-refractivity contribution in [3.63, 3.8) is 0 Å². The Morgan fingerprint density at radius 2 is 2.00 bits per heavy atom. The maximum Gasteiger partial charge on any atom is 0.416 e. The molecule has 0 atom stereocenters. The van der Waals surface area contributed by atoms with E-state index in [2.05, 4.69) is 4.98 Å². The average Bonchev–Trinajstić information content (AvgIpc) is 2.31. The highest BCUT2D eigenvalue weighted by Gasteiger charge is 2.30. The summed E-state index contributed by atoms with van der Waals surface area (Å²) in [5.41, 5.74) is 4.17. The summed E-state index contributed by atoms with van der Waals surface area (Å²) in [6.45, 7) is 0. The fourth-order valence-corrected chi connectivity index (χ4v) is 1.45. The van der Waals surface area contributed by atoms with Gasteiger partial charge < -0.3 is 5.73 Å². The maximum absolute atomic E-state index is 12.5. The number of nitrogens with two attached hydrogens (primary N) is 1. The summed E-state index contributed by atoms with van der Waals surface area (Å²) in [7, 11) is 0. The first-order valence-electron chi connectivity index (χ1n) is 4.90. The van der Waals surface area contributed by atoms with E-state index in [1.165, 1.54) is 18.3 Å². The summed E-state index contributed by atoms with van der Waals surface area (Å²) in [5.74, 6) is 0. The predicted octanol–water partition coefficient (Wildman–Crippen LogP) is 1.83. The summed E-state index contributed by atoms with van der Waals surface area (Å²) < 4.78 is 38.6. The second kappa shape index (κ2) is 4.17. The zero-order valence-corrected chi connectivity index (χ0v) is 8.98. The van der Waals surface area contributed by atoms with Crippen molar-refractivity contribution in [1.82, 2.24) is 9.55 Å². The van der Waals surface area contributed by atoms with Crippen LogP contribution < -0.4 is 11.4 Å².